The molecule has 0 aliphatic heterocycles. The van der Waals surface area contributed by atoms with Crippen LogP contribution in [-0.4, -0.2) is 41.1 Å². The van der Waals surface area contributed by atoms with E-state index < -0.39 is 30.0 Å². The highest BCUT2D eigenvalue weighted by molar-refractivity contribution is 5.93. The molecular formula is C33H45F6N7. The maximum absolute atomic E-state index is 13.7. The van der Waals surface area contributed by atoms with Gasteiger partial charge < -0.3 is 15.5 Å². The zero-order valence-corrected chi connectivity index (χ0v) is 27.1. The van der Waals surface area contributed by atoms with E-state index in [0.717, 1.165) is 60.5 Å². The van der Waals surface area contributed by atoms with E-state index >= 15 is 0 Å². The number of aromatic nitrogens is 1. The first-order valence-corrected chi connectivity index (χ1v) is 15.5. The van der Waals surface area contributed by atoms with Gasteiger partial charge in [-0.3, -0.25) is 4.98 Å². The van der Waals surface area contributed by atoms with E-state index in [1.54, 1.807) is 6.20 Å². The Hall–Kier alpha value is -3.74. The highest BCUT2D eigenvalue weighted by atomic mass is 19.4. The largest absolute Gasteiger partial charge is 0.416 e. The average Bonchev–Trinajstić information content (AvgIpc) is 2.95. The van der Waals surface area contributed by atoms with Crippen LogP contribution in [0.5, 0.6) is 0 Å². The van der Waals surface area contributed by atoms with Gasteiger partial charge in [-0.1, -0.05) is 58.7 Å². The summed E-state index contributed by atoms with van der Waals surface area (Å²) in [7, 11) is 1.41. The minimum atomic E-state index is -4.99. The zero-order chi connectivity index (χ0) is 34.2. The molecule has 0 saturated heterocycles. The summed E-state index contributed by atoms with van der Waals surface area (Å²) in [6.07, 6.45) is -4.21. The number of guanidine groups is 1. The van der Waals surface area contributed by atoms with Gasteiger partial charge in [0.25, 0.3) is 0 Å². The normalized spacial score (nSPS) is 14.0. The SMILES string of the molecule is CCCC(C)CN(CC(C)CCC)c1c(CN(Cc2cc(C(F)(F)F)cc(C(F)(F)F)c2)/C(N)=N/N(C)N)cnc2ccccc12. The van der Waals surface area contributed by atoms with Gasteiger partial charge in [-0.2, -0.15) is 26.3 Å². The summed E-state index contributed by atoms with van der Waals surface area (Å²) in [4.78, 5) is 8.42. The number of nitrogens with zero attached hydrogens (tertiary/aromatic N) is 5. The molecule has 1 aromatic heterocycles. The van der Waals surface area contributed by atoms with E-state index in [1.807, 2.05) is 24.3 Å². The number of para-hydroxylation sites is 1. The molecule has 7 nitrogen and oxygen atoms in total. The monoisotopic (exact) mass is 653 g/mol. The number of benzene rings is 2. The second-order valence-corrected chi connectivity index (χ2v) is 12.1. The molecule has 3 rings (SSSR count). The number of alkyl halides is 6. The van der Waals surface area contributed by atoms with Crippen LogP contribution in [0.2, 0.25) is 0 Å². The number of nitrogens with two attached hydrogens (primary N) is 2. The topological polar surface area (TPSA) is 87.0 Å². The first-order chi connectivity index (χ1) is 21.5. The van der Waals surface area contributed by atoms with Crippen molar-refractivity contribution in [3.63, 3.8) is 0 Å². The summed E-state index contributed by atoms with van der Waals surface area (Å²) in [6, 6.07) is 9.20. The Morgan fingerprint density at radius 1 is 0.870 bits per heavy atom. The van der Waals surface area contributed by atoms with E-state index in [0.29, 0.717) is 29.5 Å². The number of rotatable bonds is 14. The predicted octanol–water partition coefficient (Wildman–Crippen LogP) is 7.99. The molecule has 2 aromatic carbocycles. The lowest BCUT2D eigenvalue weighted by Crippen LogP contribution is -2.40. The molecule has 0 aliphatic rings. The molecule has 0 bridgehead atoms. The quantitative estimate of drug-likeness (QED) is 0.0603. The molecule has 0 amide bonds. The summed E-state index contributed by atoms with van der Waals surface area (Å²) < 4.78 is 82.2. The number of fused-ring (bicyclic) bond motifs is 1. The van der Waals surface area contributed by atoms with Gasteiger partial charge in [0.05, 0.1) is 22.3 Å². The number of anilines is 1. The molecular weight excluding hydrogens is 608 g/mol. The van der Waals surface area contributed by atoms with Gasteiger partial charge in [0, 0.05) is 50.4 Å². The lowest BCUT2D eigenvalue weighted by molar-refractivity contribution is -0.143. The van der Waals surface area contributed by atoms with Crippen molar-refractivity contribution in [2.45, 2.75) is 78.8 Å². The van der Waals surface area contributed by atoms with Crippen molar-refractivity contribution in [2.24, 2.45) is 28.5 Å². The van der Waals surface area contributed by atoms with E-state index in [-0.39, 0.29) is 24.1 Å². The highest BCUT2D eigenvalue weighted by Gasteiger charge is 2.37. The molecule has 3 aromatic rings. The number of hydrazone groups is 1. The van der Waals surface area contributed by atoms with Gasteiger partial charge >= 0.3 is 12.4 Å². The Balaban J connectivity index is 2.20. The van der Waals surface area contributed by atoms with Gasteiger partial charge in [-0.25, -0.2) is 11.0 Å². The van der Waals surface area contributed by atoms with E-state index in [9.17, 15) is 26.3 Å². The number of halogens is 6. The maximum Gasteiger partial charge on any atom is 0.416 e. The predicted molar refractivity (Wildman–Crippen MR) is 171 cm³/mol. The average molecular weight is 654 g/mol. The second kappa shape index (κ2) is 15.7. The summed E-state index contributed by atoms with van der Waals surface area (Å²) in [5.41, 5.74) is 5.64. The lowest BCUT2D eigenvalue weighted by Gasteiger charge is -2.34. The Morgan fingerprint density at radius 3 is 1.91 bits per heavy atom. The third kappa shape index (κ3) is 10.1. The van der Waals surface area contributed by atoms with Crippen LogP contribution in [0.1, 0.15) is 75.6 Å². The molecule has 2 unspecified atom stereocenters. The second-order valence-electron chi connectivity index (χ2n) is 12.1. The van der Waals surface area contributed by atoms with Gasteiger partial charge in [-0.15, -0.1) is 5.10 Å². The molecule has 1 heterocycles. The van der Waals surface area contributed by atoms with Crippen LogP contribution in [-0.2, 0) is 25.4 Å². The smallest absolute Gasteiger partial charge is 0.370 e. The van der Waals surface area contributed by atoms with Crippen molar-refractivity contribution in [2.75, 3.05) is 25.0 Å². The molecule has 13 heteroatoms. The standard InChI is InChI=1S/C33H45F6N7/c1-6-10-22(3)18-45(19-23(4)11-7-2)30-25(17-42-29-13-9-8-12-28(29)30)21-46(31(40)43-44(5)41)20-24-14-26(32(34,35)36)16-27(15-24)33(37,38)39/h8-9,12-17,22-23H,6-7,10-11,18-21,41H2,1-5H3,(H2,40,43). The van der Waals surface area contributed by atoms with Crippen molar-refractivity contribution in [3.8, 4) is 0 Å². The lowest BCUT2D eigenvalue weighted by atomic mass is 9.99. The first kappa shape index (κ1) is 36.7. The Morgan fingerprint density at radius 2 is 1.41 bits per heavy atom. The summed E-state index contributed by atoms with van der Waals surface area (Å²) in [5.74, 6) is 6.26. The first-order valence-electron chi connectivity index (χ1n) is 15.5. The van der Waals surface area contributed by atoms with Crippen LogP contribution in [0.25, 0.3) is 10.9 Å². The van der Waals surface area contributed by atoms with Crippen LogP contribution in [0.4, 0.5) is 32.0 Å². The third-order valence-electron chi connectivity index (χ3n) is 7.73. The van der Waals surface area contributed by atoms with Crippen molar-refractivity contribution in [3.05, 3.63) is 70.9 Å². The van der Waals surface area contributed by atoms with Crippen LogP contribution in [0, 0.1) is 11.8 Å². The molecule has 0 aliphatic carbocycles. The van der Waals surface area contributed by atoms with Crippen molar-refractivity contribution in [1.29, 1.82) is 0 Å². The third-order valence-corrected chi connectivity index (χ3v) is 7.73. The van der Waals surface area contributed by atoms with Crippen LogP contribution >= 0.6 is 0 Å². The van der Waals surface area contributed by atoms with Gasteiger partial charge in [0.15, 0.2) is 0 Å². The maximum atomic E-state index is 13.7. The zero-order valence-electron chi connectivity index (χ0n) is 27.1. The molecule has 0 saturated carbocycles. The van der Waals surface area contributed by atoms with Gasteiger partial charge in [0.2, 0.25) is 5.96 Å². The molecule has 0 spiro atoms. The molecule has 0 fully saturated rings. The van der Waals surface area contributed by atoms with Crippen LogP contribution in [0.15, 0.2) is 53.8 Å². The number of pyridine rings is 1. The van der Waals surface area contributed by atoms with E-state index in [2.05, 4.69) is 42.7 Å². The number of hydrazine groups is 1. The molecule has 46 heavy (non-hydrogen) atoms. The van der Waals surface area contributed by atoms with Gasteiger partial charge in [0.1, 0.15) is 0 Å². The minimum Gasteiger partial charge on any atom is -0.370 e. The Bertz CT molecular complexity index is 1410. The molecule has 0 radical (unpaired) electrons. The number of hydrogen-bond acceptors (Lipinski definition) is 5. The van der Waals surface area contributed by atoms with Crippen molar-refractivity contribution in [1.82, 2.24) is 15.0 Å². The van der Waals surface area contributed by atoms with Gasteiger partial charge in [-0.05, 0) is 54.5 Å². The molecule has 2 atom stereocenters. The molecule has 4 N–H and O–H groups in total. The van der Waals surface area contributed by atoms with Crippen LogP contribution < -0.4 is 16.5 Å². The van der Waals surface area contributed by atoms with Crippen molar-refractivity contribution >= 4 is 22.5 Å². The van der Waals surface area contributed by atoms with E-state index in [4.69, 9.17) is 11.6 Å². The Labute approximate surface area is 267 Å². The summed E-state index contributed by atoms with van der Waals surface area (Å²) in [5, 5.41) is 5.86. The van der Waals surface area contributed by atoms with Crippen LogP contribution in [0.3, 0.4) is 0 Å². The highest BCUT2D eigenvalue weighted by Crippen LogP contribution is 2.37. The minimum absolute atomic E-state index is 0.00520. The molecule has 254 valence electrons. The van der Waals surface area contributed by atoms with E-state index in [1.165, 1.54) is 11.9 Å². The fourth-order valence-corrected chi connectivity index (χ4v) is 5.81. The number of hydrogen-bond donors (Lipinski definition) is 2. The fraction of sp³-hybridized carbons (Fsp3) is 0.515. The fourth-order valence-electron chi connectivity index (χ4n) is 5.81. The Kier molecular flexibility index (Phi) is 12.5. The summed E-state index contributed by atoms with van der Waals surface area (Å²) in [6.45, 7) is 9.77. The van der Waals surface area contributed by atoms with Crippen molar-refractivity contribution < 1.29 is 26.3 Å². The summed E-state index contributed by atoms with van der Waals surface area (Å²) >= 11 is 0.